The fourth-order valence-corrected chi connectivity index (χ4v) is 5.97. The van der Waals surface area contributed by atoms with Crippen molar-refractivity contribution in [1.29, 1.82) is 0 Å². The molecule has 2 saturated heterocycles. The van der Waals surface area contributed by atoms with Gasteiger partial charge in [-0.1, -0.05) is 25.1 Å². The maximum absolute atomic E-state index is 13.5. The fourth-order valence-electron chi connectivity index (χ4n) is 5.97. The standard InChI is InChI=1S/C29H34N8O2/c1-17-3-8-25(20-5-4-18-6-7-22(33-23(18)13-20)19-9-11-36(2)12-10-19)37(16-17)29(39)28(38)34-24-15-31-27(30)21-14-32-35-26(21)24/h4-7,13-15,17,19,25H,3,8-12,16H2,1-2H3,(H2,30,31)(H,32,35)(H,34,38)/t17-,25+/m0/s1. The van der Waals surface area contributed by atoms with Crippen LogP contribution in [0.3, 0.4) is 0 Å². The number of pyridine rings is 2. The van der Waals surface area contributed by atoms with Crippen LogP contribution in [0.5, 0.6) is 0 Å². The summed E-state index contributed by atoms with van der Waals surface area (Å²) in [6, 6.07) is 10.3. The van der Waals surface area contributed by atoms with Gasteiger partial charge in [0.15, 0.2) is 0 Å². The number of hydrogen-bond acceptors (Lipinski definition) is 7. The molecular formula is C29H34N8O2. The number of nitrogens with one attached hydrogen (secondary N) is 2. The number of hydrogen-bond donors (Lipinski definition) is 3. The minimum atomic E-state index is -0.708. The van der Waals surface area contributed by atoms with E-state index >= 15 is 0 Å². The molecule has 0 spiro atoms. The third-order valence-electron chi connectivity index (χ3n) is 8.30. The number of rotatable bonds is 3. The molecule has 2 aliphatic rings. The van der Waals surface area contributed by atoms with Gasteiger partial charge in [0.25, 0.3) is 0 Å². The molecule has 0 radical (unpaired) electrons. The van der Waals surface area contributed by atoms with E-state index in [1.54, 1.807) is 11.1 Å². The number of nitrogens with two attached hydrogens (primary N) is 1. The summed E-state index contributed by atoms with van der Waals surface area (Å²) in [6.07, 6.45) is 6.97. The second-order valence-corrected chi connectivity index (χ2v) is 11.1. The van der Waals surface area contributed by atoms with Gasteiger partial charge in [0.1, 0.15) is 5.82 Å². The Kier molecular flexibility index (Phi) is 6.64. The Morgan fingerprint density at radius 1 is 1.08 bits per heavy atom. The van der Waals surface area contributed by atoms with Crippen LogP contribution in [0.1, 0.15) is 55.8 Å². The van der Waals surface area contributed by atoms with Gasteiger partial charge in [-0.2, -0.15) is 5.10 Å². The molecule has 10 heteroatoms. The average Bonchev–Trinajstić information content (AvgIpc) is 3.45. The van der Waals surface area contributed by atoms with Gasteiger partial charge in [0.05, 0.1) is 40.5 Å². The van der Waals surface area contributed by atoms with Crippen molar-refractivity contribution in [2.45, 2.75) is 44.6 Å². The van der Waals surface area contributed by atoms with E-state index in [0.29, 0.717) is 40.8 Å². The highest BCUT2D eigenvalue weighted by Gasteiger charge is 2.34. The van der Waals surface area contributed by atoms with Crippen molar-refractivity contribution in [3.8, 4) is 0 Å². The van der Waals surface area contributed by atoms with Crippen molar-refractivity contribution in [1.82, 2.24) is 30.0 Å². The number of amides is 2. The number of aromatic amines is 1. The first kappa shape index (κ1) is 25.2. The highest BCUT2D eigenvalue weighted by Crippen LogP contribution is 2.35. The first-order valence-electron chi connectivity index (χ1n) is 13.7. The number of benzene rings is 1. The number of piperidine rings is 2. The predicted molar refractivity (Wildman–Crippen MR) is 151 cm³/mol. The van der Waals surface area contributed by atoms with Gasteiger partial charge in [0, 0.05) is 23.5 Å². The molecule has 2 aliphatic heterocycles. The zero-order chi connectivity index (χ0) is 27.1. The lowest BCUT2D eigenvalue weighted by molar-refractivity contribution is -0.146. The number of likely N-dealkylation sites (tertiary alicyclic amines) is 2. The molecule has 0 saturated carbocycles. The van der Waals surface area contributed by atoms with E-state index in [0.717, 1.165) is 60.9 Å². The van der Waals surface area contributed by atoms with Crippen molar-refractivity contribution in [2.75, 3.05) is 37.7 Å². The highest BCUT2D eigenvalue weighted by atomic mass is 16.2. The van der Waals surface area contributed by atoms with Gasteiger partial charge in [-0.25, -0.2) is 4.98 Å². The summed E-state index contributed by atoms with van der Waals surface area (Å²) < 4.78 is 0. The van der Waals surface area contributed by atoms with Gasteiger partial charge in [0.2, 0.25) is 0 Å². The molecule has 5 heterocycles. The highest BCUT2D eigenvalue weighted by molar-refractivity contribution is 6.40. The molecule has 6 rings (SSSR count). The first-order chi connectivity index (χ1) is 18.9. The number of fused-ring (bicyclic) bond motifs is 2. The Labute approximate surface area is 227 Å². The molecule has 4 aromatic rings. The summed E-state index contributed by atoms with van der Waals surface area (Å²) in [5.41, 5.74) is 9.89. The topological polar surface area (TPSA) is 133 Å². The minimum Gasteiger partial charge on any atom is -0.383 e. The summed E-state index contributed by atoms with van der Waals surface area (Å²) in [5.74, 6) is -0.207. The Balaban J connectivity index is 1.26. The van der Waals surface area contributed by atoms with E-state index in [1.165, 1.54) is 6.20 Å². The van der Waals surface area contributed by atoms with Gasteiger partial charge >= 0.3 is 11.8 Å². The molecule has 2 amide bonds. The van der Waals surface area contributed by atoms with Crippen molar-refractivity contribution >= 4 is 45.1 Å². The second kappa shape index (κ2) is 10.3. The third-order valence-corrected chi connectivity index (χ3v) is 8.30. The summed E-state index contributed by atoms with van der Waals surface area (Å²) in [4.78, 5) is 40.0. The Hall–Kier alpha value is -4.05. The molecule has 10 nitrogen and oxygen atoms in total. The summed E-state index contributed by atoms with van der Waals surface area (Å²) in [7, 11) is 2.17. The zero-order valence-corrected chi connectivity index (χ0v) is 22.4. The molecule has 2 atom stereocenters. The number of nitrogens with zero attached hydrogens (tertiary/aromatic N) is 5. The lowest BCUT2D eigenvalue weighted by Crippen LogP contribution is -2.46. The SMILES string of the molecule is C[C@H]1CC[C@H](c2ccc3ccc(C4CCN(C)CC4)nc3c2)N(C(=O)C(=O)Nc2cnc(N)c3cn[nH]c23)C1. The van der Waals surface area contributed by atoms with E-state index in [2.05, 4.69) is 69.7 Å². The minimum absolute atomic E-state index is 0.200. The Morgan fingerprint density at radius 3 is 2.69 bits per heavy atom. The molecule has 0 unspecified atom stereocenters. The lowest BCUT2D eigenvalue weighted by Gasteiger charge is -2.38. The first-order valence-corrected chi connectivity index (χ1v) is 13.7. The number of anilines is 2. The summed E-state index contributed by atoms with van der Waals surface area (Å²) in [6.45, 7) is 4.80. The molecule has 202 valence electrons. The predicted octanol–water partition coefficient (Wildman–Crippen LogP) is 3.84. The van der Waals surface area contributed by atoms with Crippen molar-refractivity contribution in [3.05, 3.63) is 54.0 Å². The number of H-pyrrole nitrogens is 1. The van der Waals surface area contributed by atoms with Gasteiger partial charge < -0.3 is 20.9 Å². The van der Waals surface area contributed by atoms with E-state index in [-0.39, 0.29) is 6.04 Å². The maximum atomic E-state index is 13.5. The van der Waals surface area contributed by atoms with Crippen LogP contribution in [-0.2, 0) is 9.59 Å². The number of carbonyl (C=O) groups is 2. The van der Waals surface area contributed by atoms with Crippen molar-refractivity contribution in [2.24, 2.45) is 5.92 Å². The monoisotopic (exact) mass is 526 g/mol. The lowest BCUT2D eigenvalue weighted by atomic mass is 9.89. The molecule has 2 fully saturated rings. The third kappa shape index (κ3) is 4.92. The Morgan fingerprint density at radius 2 is 1.87 bits per heavy atom. The normalized spacial score (nSPS) is 20.9. The van der Waals surface area contributed by atoms with Crippen molar-refractivity contribution < 1.29 is 9.59 Å². The largest absolute Gasteiger partial charge is 0.383 e. The van der Waals surface area contributed by atoms with E-state index < -0.39 is 11.8 Å². The molecule has 0 aliphatic carbocycles. The molecular weight excluding hydrogens is 492 g/mol. The molecule has 39 heavy (non-hydrogen) atoms. The Bertz CT molecular complexity index is 1540. The van der Waals surface area contributed by atoms with Gasteiger partial charge in [-0.3, -0.25) is 19.7 Å². The summed E-state index contributed by atoms with van der Waals surface area (Å²) >= 11 is 0. The zero-order valence-electron chi connectivity index (χ0n) is 22.4. The number of aromatic nitrogens is 4. The van der Waals surface area contributed by atoms with E-state index in [4.69, 9.17) is 10.7 Å². The van der Waals surface area contributed by atoms with Crippen LogP contribution in [0.4, 0.5) is 11.5 Å². The fraction of sp³-hybridized carbons (Fsp3) is 0.414. The summed E-state index contributed by atoms with van der Waals surface area (Å²) in [5, 5.41) is 11.2. The van der Waals surface area contributed by atoms with Gasteiger partial charge in [-0.15, -0.1) is 0 Å². The van der Waals surface area contributed by atoms with E-state index in [9.17, 15) is 9.59 Å². The van der Waals surface area contributed by atoms with Crippen LogP contribution >= 0.6 is 0 Å². The maximum Gasteiger partial charge on any atom is 0.314 e. The number of carbonyl (C=O) groups excluding carboxylic acids is 2. The van der Waals surface area contributed by atoms with Crippen LogP contribution in [0, 0.1) is 5.92 Å². The second-order valence-electron chi connectivity index (χ2n) is 11.1. The number of nitrogen functional groups attached to an aromatic ring is 1. The smallest absolute Gasteiger partial charge is 0.314 e. The van der Waals surface area contributed by atoms with Crippen LogP contribution in [0.2, 0.25) is 0 Å². The van der Waals surface area contributed by atoms with E-state index in [1.807, 2.05) is 0 Å². The van der Waals surface area contributed by atoms with Crippen LogP contribution in [-0.4, -0.2) is 68.5 Å². The van der Waals surface area contributed by atoms with Crippen molar-refractivity contribution in [3.63, 3.8) is 0 Å². The molecule has 3 aromatic heterocycles. The molecule has 0 bridgehead atoms. The van der Waals surface area contributed by atoms with Crippen LogP contribution < -0.4 is 11.1 Å². The van der Waals surface area contributed by atoms with Crippen LogP contribution in [0.25, 0.3) is 21.8 Å². The average molecular weight is 527 g/mol. The van der Waals surface area contributed by atoms with Crippen LogP contribution in [0.15, 0.2) is 42.7 Å². The quantitative estimate of drug-likeness (QED) is 0.346. The molecule has 1 aromatic carbocycles. The molecule has 4 N–H and O–H groups in total. The van der Waals surface area contributed by atoms with Gasteiger partial charge in [-0.05, 0) is 69.4 Å².